The molecular weight excluding hydrogens is 440 g/mol. The van der Waals surface area contributed by atoms with Crippen LogP contribution in [0.15, 0.2) is 22.6 Å². The van der Waals surface area contributed by atoms with Crippen LogP contribution in [0.1, 0.15) is 61.6 Å². The molecule has 3 N–H and O–H groups in total. The first-order valence-electron chi connectivity index (χ1n) is 11.4. The number of aromatic nitrogens is 1. The Morgan fingerprint density at radius 2 is 1.88 bits per heavy atom. The molecule has 0 bridgehead atoms. The number of esters is 1. The Labute approximate surface area is 198 Å². The maximum Gasteiger partial charge on any atom is 0.337 e. The molecule has 1 aromatic heterocycles. The van der Waals surface area contributed by atoms with Crippen molar-refractivity contribution >= 4 is 34.7 Å². The van der Waals surface area contributed by atoms with Crippen LogP contribution >= 0.6 is 0 Å². The fourth-order valence-corrected chi connectivity index (χ4v) is 4.23. The fourth-order valence-electron chi connectivity index (χ4n) is 4.23. The topological polar surface area (TPSA) is 145 Å². The largest absolute Gasteiger partial charge is 0.465 e. The van der Waals surface area contributed by atoms with Gasteiger partial charge in [-0.25, -0.2) is 9.78 Å². The van der Waals surface area contributed by atoms with Crippen LogP contribution < -0.4 is 11.1 Å². The van der Waals surface area contributed by atoms with E-state index in [-0.39, 0.29) is 34.7 Å². The molecule has 10 nitrogen and oxygen atoms in total. The Morgan fingerprint density at radius 1 is 1.18 bits per heavy atom. The van der Waals surface area contributed by atoms with E-state index in [9.17, 15) is 19.2 Å². The second-order valence-electron chi connectivity index (χ2n) is 9.27. The number of nitrogens with zero attached hydrogens (tertiary/aromatic N) is 2. The van der Waals surface area contributed by atoms with Gasteiger partial charge in [0.15, 0.2) is 5.58 Å². The monoisotopic (exact) mass is 472 g/mol. The quantitative estimate of drug-likeness (QED) is 0.435. The normalized spacial score (nSPS) is 18.3. The molecule has 2 amide bonds. The van der Waals surface area contributed by atoms with Crippen molar-refractivity contribution in [1.82, 2.24) is 15.2 Å². The first kappa shape index (κ1) is 25.5. The molecule has 0 spiro atoms. The summed E-state index contributed by atoms with van der Waals surface area (Å²) in [6, 6.07) is 2.49. The van der Waals surface area contributed by atoms with Gasteiger partial charge in [0, 0.05) is 0 Å². The molecule has 1 fully saturated rings. The number of benzene rings is 1. The Hall–Kier alpha value is -3.11. The summed E-state index contributed by atoms with van der Waals surface area (Å²) in [7, 11) is 1.28. The number of imide groups is 1. The lowest BCUT2D eigenvalue weighted by atomic mass is 9.96. The molecule has 3 atom stereocenters. The molecule has 1 aromatic carbocycles. The number of amides is 2. The average Bonchev–Trinajstić information content (AvgIpc) is 3.44. The number of methoxy groups -OCH3 is 1. The lowest BCUT2D eigenvalue weighted by molar-refractivity contribution is -0.134. The second kappa shape index (κ2) is 10.4. The van der Waals surface area contributed by atoms with E-state index in [2.05, 4.69) is 10.3 Å². The highest BCUT2D eigenvalue weighted by molar-refractivity contribution is 6.02. The summed E-state index contributed by atoms with van der Waals surface area (Å²) in [4.78, 5) is 56.7. The summed E-state index contributed by atoms with van der Waals surface area (Å²) in [6.07, 6.45) is 1.22. The maximum absolute atomic E-state index is 13.5. The average molecular weight is 473 g/mol. The van der Waals surface area contributed by atoms with Gasteiger partial charge in [-0.05, 0) is 49.4 Å². The number of rotatable bonds is 8. The lowest BCUT2D eigenvalue weighted by Gasteiger charge is -2.33. The van der Waals surface area contributed by atoms with Gasteiger partial charge in [0.1, 0.15) is 5.52 Å². The third-order valence-corrected chi connectivity index (χ3v) is 6.14. The van der Waals surface area contributed by atoms with E-state index < -0.39 is 35.9 Å². The SMILES string of the molecule is COC(=O)c1ccc2nc(C(=O)[C@H](C(C)C)N3CCC[C@H]3C(=O)NC(=O)[C@@H](N)C(C)C)oc2c1. The van der Waals surface area contributed by atoms with Crippen molar-refractivity contribution in [2.24, 2.45) is 17.6 Å². The van der Waals surface area contributed by atoms with Crippen molar-refractivity contribution < 1.29 is 28.3 Å². The minimum Gasteiger partial charge on any atom is -0.465 e. The number of ketones is 1. The van der Waals surface area contributed by atoms with Crippen molar-refractivity contribution in [3.8, 4) is 0 Å². The smallest absolute Gasteiger partial charge is 0.337 e. The predicted molar refractivity (Wildman–Crippen MR) is 124 cm³/mol. The maximum atomic E-state index is 13.5. The van der Waals surface area contributed by atoms with Gasteiger partial charge in [0.25, 0.3) is 5.89 Å². The second-order valence-corrected chi connectivity index (χ2v) is 9.27. The summed E-state index contributed by atoms with van der Waals surface area (Å²) in [5.74, 6) is -2.25. The number of carbonyl (C=O) groups is 4. The van der Waals surface area contributed by atoms with E-state index in [1.54, 1.807) is 26.0 Å². The molecule has 1 saturated heterocycles. The van der Waals surface area contributed by atoms with Crippen LogP contribution in [0.2, 0.25) is 0 Å². The zero-order chi connectivity index (χ0) is 25.2. The highest BCUT2D eigenvalue weighted by Crippen LogP contribution is 2.28. The summed E-state index contributed by atoms with van der Waals surface area (Å²) in [5, 5.41) is 2.41. The number of hydrogen-bond donors (Lipinski definition) is 2. The highest BCUT2D eigenvalue weighted by atomic mass is 16.5. The Morgan fingerprint density at radius 3 is 2.50 bits per heavy atom. The minimum absolute atomic E-state index is 0.0975. The molecule has 34 heavy (non-hydrogen) atoms. The van der Waals surface area contributed by atoms with Gasteiger partial charge < -0.3 is 14.9 Å². The minimum atomic E-state index is -0.795. The number of nitrogens with two attached hydrogens (primary N) is 1. The Balaban J connectivity index is 1.84. The van der Waals surface area contributed by atoms with Gasteiger partial charge in [-0.1, -0.05) is 27.7 Å². The molecule has 10 heteroatoms. The van der Waals surface area contributed by atoms with Crippen LogP contribution in [0.5, 0.6) is 0 Å². The molecule has 0 unspecified atom stereocenters. The summed E-state index contributed by atoms with van der Waals surface area (Å²) >= 11 is 0. The zero-order valence-electron chi connectivity index (χ0n) is 20.2. The molecule has 3 rings (SSSR count). The zero-order valence-corrected chi connectivity index (χ0v) is 20.2. The van der Waals surface area contributed by atoms with Crippen LogP contribution in [-0.2, 0) is 14.3 Å². The number of likely N-dealkylation sites (tertiary alicyclic amines) is 1. The van der Waals surface area contributed by atoms with E-state index in [1.807, 2.05) is 18.7 Å². The van der Waals surface area contributed by atoms with E-state index >= 15 is 0 Å². The molecule has 0 radical (unpaired) electrons. The summed E-state index contributed by atoms with van der Waals surface area (Å²) in [6.45, 7) is 7.89. The molecule has 184 valence electrons. The summed E-state index contributed by atoms with van der Waals surface area (Å²) in [5.41, 5.74) is 6.87. The van der Waals surface area contributed by atoms with Crippen LogP contribution in [-0.4, -0.2) is 65.2 Å². The number of hydrogen-bond acceptors (Lipinski definition) is 9. The van der Waals surface area contributed by atoms with E-state index in [0.717, 1.165) is 0 Å². The van der Waals surface area contributed by atoms with E-state index in [4.69, 9.17) is 14.9 Å². The summed E-state index contributed by atoms with van der Waals surface area (Å²) < 4.78 is 10.4. The van der Waals surface area contributed by atoms with Crippen LogP contribution in [0.3, 0.4) is 0 Å². The number of carbonyl (C=O) groups excluding carboxylic acids is 4. The highest BCUT2D eigenvalue weighted by Gasteiger charge is 2.42. The molecule has 1 aliphatic rings. The molecule has 2 heterocycles. The molecule has 0 saturated carbocycles. The van der Waals surface area contributed by atoms with Crippen molar-refractivity contribution in [2.75, 3.05) is 13.7 Å². The number of nitrogens with one attached hydrogen (secondary N) is 1. The van der Waals surface area contributed by atoms with Crippen molar-refractivity contribution in [3.05, 3.63) is 29.7 Å². The Bertz CT molecular complexity index is 1090. The number of oxazole rings is 1. The van der Waals surface area contributed by atoms with Gasteiger partial charge in [-0.3, -0.25) is 24.6 Å². The van der Waals surface area contributed by atoms with Gasteiger partial charge >= 0.3 is 5.97 Å². The van der Waals surface area contributed by atoms with E-state index in [1.165, 1.54) is 13.2 Å². The third-order valence-electron chi connectivity index (χ3n) is 6.14. The fraction of sp³-hybridized carbons (Fsp3) is 0.542. The molecule has 2 aromatic rings. The van der Waals surface area contributed by atoms with E-state index in [0.29, 0.717) is 24.9 Å². The number of fused-ring (bicyclic) bond motifs is 1. The molecular formula is C24H32N4O6. The van der Waals surface area contributed by atoms with Gasteiger partial charge in [-0.2, -0.15) is 0 Å². The van der Waals surface area contributed by atoms with Crippen molar-refractivity contribution in [2.45, 2.75) is 58.7 Å². The van der Waals surface area contributed by atoms with Crippen LogP contribution in [0.25, 0.3) is 11.1 Å². The Kier molecular flexibility index (Phi) is 7.83. The van der Waals surface area contributed by atoms with Crippen molar-refractivity contribution in [1.29, 1.82) is 0 Å². The number of Topliss-reactive ketones (excluding diaryl/α,β-unsaturated/α-hetero) is 1. The van der Waals surface area contributed by atoms with Gasteiger partial charge in [0.2, 0.25) is 17.6 Å². The first-order valence-corrected chi connectivity index (χ1v) is 11.4. The van der Waals surface area contributed by atoms with Crippen LogP contribution in [0, 0.1) is 11.8 Å². The predicted octanol–water partition coefficient (Wildman–Crippen LogP) is 1.91. The van der Waals surface area contributed by atoms with Crippen LogP contribution in [0.4, 0.5) is 0 Å². The molecule has 1 aliphatic heterocycles. The third kappa shape index (κ3) is 5.18. The van der Waals surface area contributed by atoms with Gasteiger partial charge in [-0.15, -0.1) is 0 Å². The molecule has 0 aliphatic carbocycles. The van der Waals surface area contributed by atoms with Gasteiger partial charge in [0.05, 0.1) is 30.8 Å². The first-order chi connectivity index (χ1) is 16.0. The number of ether oxygens (including phenoxy) is 1. The lowest BCUT2D eigenvalue weighted by Crippen LogP contribution is -2.55. The standard InChI is InChI=1S/C24H32N4O6/c1-12(2)18(25)22(31)27-21(30)16-7-6-10-28(16)19(13(3)4)20(29)23-26-15-9-8-14(24(32)33-5)11-17(15)34-23/h8-9,11-13,16,18-19H,6-7,10,25H2,1-5H3,(H,27,30,31)/t16-,18-,19-/m0/s1. The van der Waals surface area contributed by atoms with Crippen molar-refractivity contribution in [3.63, 3.8) is 0 Å².